The van der Waals surface area contributed by atoms with Crippen LogP contribution in [0.3, 0.4) is 0 Å². The predicted octanol–water partition coefficient (Wildman–Crippen LogP) is 3.72. The summed E-state index contributed by atoms with van der Waals surface area (Å²) in [7, 11) is 0. The first kappa shape index (κ1) is 19.3. The van der Waals surface area contributed by atoms with Crippen LogP contribution in [-0.2, 0) is 9.59 Å². The number of nitrogens with zero attached hydrogens (tertiary/aromatic N) is 1. The molecule has 1 aliphatic heterocycles. The van der Waals surface area contributed by atoms with Gasteiger partial charge in [0.15, 0.2) is 0 Å². The van der Waals surface area contributed by atoms with Crippen molar-refractivity contribution in [3.05, 3.63) is 72.3 Å². The van der Waals surface area contributed by atoms with E-state index in [1.165, 1.54) is 0 Å². The summed E-state index contributed by atoms with van der Waals surface area (Å²) in [6.45, 7) is 0.334. The van der Waals surface area contributed by atoms with Crippen LogP contribution in [0, 0.1) is 5.92 Å². The Labute approximate surface area is 180 Å². The highest BCUT2D eigenvalue weighted by molar-refractivity contribution is 6.08. The number of benzene rings is 3. The van der Waals surface area contributed by atoms with Gasteiger partial charge < -0.3 is 15.5 Å². The molecule has 2 N–H and O–H groups in total. The Morgan fingerprint density at radius 2 is 1.71 bits per heavy atom. The van der Waals surface area contributed by atoms with E-state index in [0.717, 1.165) is 29.3 Å². The van der Waals surface area contributed by atoms with Crippen LogP contribution in [0.5, 0.6) is 0 Å². The van der Waals surface area contributed by atoms with Gasteiger partial charge in [0.05, 0.1) is 11.6 Å². The predicted molar refractivity (Wildman–Crippen MR) is 120 cm³/mol. The maximum Gasteiger partial charge on any atom is 0.251 e. The van der Waals surface area contributed by atoms with E-state index in [9.17, 15) is 14.4 Å². The minimum Gasteiger partial charge on any atom is -0.349 e. The monoisotopic (exact) mass is 413 g/mol. The van der Waals surface area contributed by atoms with E-state index in [1.54, 1.807) is 29.2 Å². The minimum atomic E-state index is -0.449. The molecule has 3 aromatic rings. The summed E-state index contributed by atoms with van der Waals surface area (Å²) in [4.78, 5) is 39.6. The molecule has 0 aromatic heterocycles. The van der Waals surface area contributed by atoms with Crippen LogP contribution in [0.15, 0.2) is 66.7 Å². The fourth-order valence-electron chi connectivity index (χ4n) is 4.04. The first-order valence-corrected chi connectivity index (χ1v) is 10.6. The number of rotatable bonds is 5. The quantitative estimate of drug-likeness (QED) is 0.669. The summed E-state index contributed by atoms with van der Waals surface area (Å²) in [5.41, 5.74) is 1.91. The molecule has 1 heterocycles. The first-order chi connectivity index (χ1) is 15.1. The highest BCUT2D eigenvalue weighted by atomic mass is 16.2. The molecule has 1 atom stereocenters. The van der Waals surface area contributed by atoms with Gasteiger partial charge in [-0.05, 0) is 42.5 Å². The highest BCUT2D eigenvalue weighted by Gasteiger charge is 2.35. The molecule has 2 fully saturated rings. The second-order valence-corrected chi connectivity index (χ2v) is 8.22. The fraction of sp³-hybridized carbons (Fsp3) is 0.240. The zero-order valence-electron chi connectivity index (χ0n) is 17.0. The Bertz CT molecular complexity index is 1180. The van der Waals surface area contributed by atoms with Crippen molar-refractivity contribution in [1.29, 1.82) is 0 Å². The third-order valence-corrected chi connectivity index (χ3v) is 5.86. The van der Waals surface area contributed by atoms with Crippen molar-refractivity contribution in [2.45, 2.75) is 25.3 Å². The molecule has 0 spiro atoms. The molecule has 156 valence electrons. The molecule has 2 aliphatic rings. The van der Waals surface area contributed by atoms with E-state index < -0.39 is 5.92 Å². The van der Waals surface area contributed by atoms with Crippen LogP contribution >= 0.6 is 0 Å². The molecule has 0 unspecified atom stereocenters. The van der Waals surface area contributed by atoms with Gasteiger partial charge in [0.2, 0.25) is 11.8 Å². The summed E-state index contributed by atoms with van der Waals surface area (Å²) < 4.78 is 0. The lowest BCUT2D eigenvalue weighted by Crippen LogP contribution is -2.28. The van der Waals surface area contributed by atoms with Gasteiger partial charge >= 0.3 is 0 Å². The Hall–Kier alpha value is -3.67. The van der Waals surface area contributed by atoms with E-state index in [4.69, 9.17) is 0 Å². The number of nitrogens with one attached hydrogen (secondary N) is 2. The first-order valence-electron chi connectivity index (χ1n) is 10.6. The van der Waals surface area contributed by atoms with E-state index in [2.05, 4.69) is 10.6 Å². The number of fused-ring (bicyclic) bond motifs is 1. The Morgan fingerprint density at radius 1 is 0.935 bits per heavy atom. The Balaban J connectivity index is 1.30. The van der Waals surface area contributed by atoms with Crippen LogP contribution < -0.4 is 15.5 Å². The zero-order chi connectivity index (χ0) is 21.4. The molecule has 5 rings (SSSR count). The summed E-state index contributed by atoms with van der Waals surface area (Å²) >= 11 is 0. The number of carbonyl (C=O) groups excluding carboxylic acids is 3. The topological polar surface area (TPSA) is 78.5 Å². The van der Waals surface area contributed by atoms with Crippen LogP contribution in [0.1, 0.15) is 29.6 Å². The van der Waals surface area contributed by atoms with Crippen LogP contribution in [-0.4, -0.2) is 30.3 Å². The number of hydrogen-bond donors (Lipinski definition) is 2. The molecule has 31 heavy (non-hydrogen) atoms. The summed E-state index contributed by atoms with van der Waals surface area (Å²) in [6.07, 6.45) is 2.20. The van der Waals surface area contributed by atoms with Gasteiger partial charge in [-0.15, -0.1) is 0 Å². The van der Waals surface area contributed by atoms with Gasteiger partial charge in [-0.1, -0.05) is 42.5 Å². The van der Waals surface area contributed by atoms with Crippen LogP contribution in [0.4, 0.5) is 11.4 Å². The number of hydrogen-bond acceptors (Lipinski definition) is 3. The second kappa shape index (κ2) is 7.87. The average Bonchev–Trinajstić information content (AvgIpc) is 3.52. The third kappa shape index (κ3) is 4.01. The highest BCUT2D eigenvalue weighted by Crippen LogP contribution is 2.32. The van der Waals surface area contributed by atoms with Gasteiger partial charge in [-0.3, -0.25) is 14.4 Å². The van der Waals surface area contributed by atoms with Crippen LogP contribution in [0.2, 0.25) is 0 Å². The lowest BCUT2D eigenvalue weighted by atomic mass is 10.1. The lowest BCUT2D eigenvalue weighted by molar-refractivity contribution is -0.122. The van der Waals surface area contributed by atoms with Crippen molar-refractivity contribution in [1.82, 2.24) is 5.32 Å². The van der Waals surface area contributed by atoms with E-state index >= 15 is 0 Å². The van der Waals surface area contributed by atoms with E-state index in [-0.39, 0.29) is 30.2 Å². The molecule has 6 heteroatoms. The van der Waals surface area contributed by atoms with E-state index in [1.807, 2.05) is 42.5 Å². The van der Waals surface area contributed by atoms with Crippen molar-refractivity contribution in [3.63, 3.8) is 0 Å². The molecule has 0 radical (unpaired) electrons. The minimum absolute atomic E-state index is 0.0611. The summed E-state index contributed by atoms with van der Waals surface area (Å²) in [5.74, 6) is -0.850. The molecule has 6 nitrogen and oxygen atoms in total. The fourth-order valence-corrected chi connectivity index (χ4v) is 4.04. The van der Waals surface area contributed by atoms with Gasteiger partial charge in [-0.25, -0.2) is 0 Å². The third-order valence-electron chi connectivity index (χ3n) is 5.86. The summed E-state index contributed by atoms with van der Waals surface area (Å²) in [5, 5.41) is 7.88. The van der Waals surface area contributed by atoms with Crippen molar-refractivity contribution in [3.8, 4) is 0 Å². The second-order valence-electron chi connectivity index (χ2n) is 8.22. The summed E-state index contributed by atoms with van der Waals surface area (Å²) in [6, 6.07) is 21.0. The van der Waals surface area contributed by atoms with Crippen molar-refractivity contribution >= 4 is 39.9 Å². The number of carbonyl (C=O) groups is 3. The normalized spacial score (nSPS) is 18.3. The molecular formula is C25H23N3O3. The zero-order valence-corrected chi connectivity index (χ0v) is 17.0. The smallest absolute Gasteiger partial charge is 0.251 e. The molecule has 1 aliphatic carbocycles. The van der Waals surface area contributed by atoms with Crippen molar-refractivity contribution in [2.75, 3.05) is 16.8 Å². The van der Waals surface area contributed by atoms with Crippen molar-refractivity contribution in [2.24, 2.45) is 5.92 Å². The Morgan fingerprint density at radius 3 is 2.55 bits per heavy atom. The molecule has 1 saturated heterocycles. The number of amides is 3. The van der Waals surface area contributed by atoms with Crippen LogP contribution in [0.25, 0.3) is 10.8 Å². The molecule has 0 bridgehead atoms. The van der Waals surface area contributed by atoms with Gasteiger partial charge in [-0.2, -0.15) is 0 Å². The Kier molecular flexibility index (Phi) is 4.90. The van der Waals surface area contributed by atoms with Gasteiger partial charge in [0.1, 0.15) is 0 Å². The maximum absolute atomic E-state index is 12.9. The largest absolute Gasteiger partial charge is 0.349 e. The van der Waals surface area contributed by atoms with Gasteiger partial charge in [0, 0.05) is 35.6 Å². The SMILES string of the molecule is O=C(NC1CC1)c1cccc(NC(=O)[C@H]2CC(=O)N(c3cccc4ccccc34)C2)c1. The number of anilines is 2. The molecule has 3 amide bonds. The van der Waals surface area contributed by atoms with Gasteiger partial charge in [0.25, 0.3) is 5.91 Å². The molecule has 3 aromatic carbocycles. The standard InChI is InChI=1S/C25H23N3O3/c29-23-14-18(15-28(23)22-10-4-6-16-5-1-2-9-21(16)22)25(31)27-20-8-3-7-17(13-20)24(30)26-19-11-12-19/h1-10,13,18-19H,11-12,14-15H2,(H,26,30)(H,27,31)/t18-/m0/s1. The van der Waals surface area contributed by atoms with E-state index in [0.29, 0.717) is 17.8 Å². The maximum atomic E-state index is 12.9. The average molecular weight is 413 g/mol. The molecular weight excluding hydrogens is 390 g/mol. The molecule has 1 saturated carbocycles. The van der Waals surface area contributed by atoms with Crippen molar-refractivity contribution < 1.29 is 14.4 Å². The lowest BCUT2D eigenvalue weighted by Gasteiger charge is -2.19.